The van der Waals surface area contributed by atoms with E-state index in [0.29, 0.717) is 16.8 Å². The van der Waals surface area contributed by atoms with Crippen LogP contribution in [0.1, 0.15) is 37.5 Å². The molecular weight excluding hydrogens is 370 g/mol. The highest BCUT2D eigenvalue weighted by Crippen LogP contribution is 2.31. The first kappa shape index (κ1) is 20.7. The van der Waals surface area contributed by atoms with Crippen molar-refractivity contribution in [2.24, 2.45) is 0 Å². The Morgan fingerprint density at radius 3 is 2.44 bits per heavy atom. The van der Waals surface area contributed by atoms with Gasteiger partial charge in [-0.1, -0.05) is 18.2 Å². The van der Waals surface area contributed by atoms with Gasteiger partial charge in [-0.3, -0.25) is 9.87 Å². The van der Waals surface area contributed by atoms with Crippen LogP contribution in [0, 0.1) is 6.92 Å². The van der Waals surface area contributed by atoms with Gasteiger partial charge in [-0.25, -0.2) is 4.79 Å². The van der Waals surface area contributed by atoms with Crippen LogP contribution in [0.25, 0.3) is 0 Å². The zero-order chi connectivity index (χ0) is 20.4. The molecule has 0 bridgehead atoms. The molecule has 0 aliphatic rings. The number of aryl methyl sites for hydroxylation is 1. The SMILES string of the molecule is Cc1ccc(O)c(Cc2cccc(NC(=O)OC(C)(C)C)c2)c1S(=O)(=O)O. The molecule has 0 heterocycles. The zero-order valence-corrected chi connectivity index (χ0v) is 16.4. The lowest BCUT2D eigenvalue weighted by Crippen LogP contribution is -2.27. The van der Waals surface area contributed by atoms with Crippen LogP contribution in [0.15, 0.2) is 41.3 Å². The van der Waals surface area contributed by atoms with E-state index in [4.69, 9.17) is 4.74 Å². The predicted molar refractivity (Wildman–Crippen MR) is 102 cm³/mol. The van der Waals surface area contributed by atoms with Crippen molar-refractivity contribution in [3.63, 3.8) is 0 Å². The summed E-state index contributed by atoms with van der Waals surface area (Å²) in [5, 5.41) is 12.7. The molecular formula is C19H23NO6S. The highest BCUT2D eigenvalue weighted by Gasteiger charge is 2.22. The third kappa shape index (κ3) is 5.70. The Morgan fingerprint density at radius 2 is 1.85 bits per heavy atom. The summed E-state index contributed by atoms with van der Waals surface area (Å²) in [6, 6.07) is 9.50. The minimum atomic E-state index is -4.51. The van der Waals surface area contributed by atoms with E-state index < -0.39 is 21.8 Å². The topological polar surface area (TPSA) is 113 Å². The van der Waals surface area contributed by atoms with Crippen molar-refractivity contribution < 1.29 is 27.6 Å². The van der Waals surface area contributed by atoms with Gasteiger partial charge in [0.05, 0.1) is 0 Å². The summed E-state index contributed by atoms with van der Waals surface area (Å²) in [5.41, 5.74) is 0.872. The fraction of sp³-hybridized carbons (Fsp3) is 0.316. The molecule has 0 atom stereocenters. The van der Waals surface area contributed by atoms with Gasteiger partial charge in [0.1, 0.15) is 16.2 Å². The highest BCUT2D eigenvalue weighted by molar-refractivity contribution is 7.86. The van der Waals surface area contributed by atoms with Crippen LogP contribution in [-0.2, 0) is 21.3 Å². The van der Waals surface area contributed by atoms with E-state index in [-0.39, 0.29) is 22.6 Å². The molecule has 3 N–H and O–H groups in total. The normalized spacial score (nSPS) is 11.9. The van der Waals surface area contributed by atoms with E-state index in [1.54, 1.807) is 45.0 Å². The Balaban J connectivity index is 2.33. The van der Waals surface area contributed by atoms with Crippen LogP contribution >= 0.6 is 0 Å². The van der Waals surface area contributed by atoms with Crippen molar-refractivity contribution in [2.45, 2.75) is 44.6 Å². The van der Waals surface area contributed by atoms with Crippen molar-refractivity contribution in [1.29, 1.82) is 0 Å². The third-order valence-corrected chi connectivity index (χ3v) is 4.73. The molecule has 0 spiro atoms. The van der Waals surface area contributed by atoms with Crippen molar-refractivity contribution in [2.75, 3.05) is 5.32 Å². The second-order valence-corrected chi connectivity index (χ2v) is 8.55. The molecule has 0 saturated heterocycles. The Bertz CT molecular complexity index is 961. The second-order valence-electron chi connectivity index (χ2n) is 7.19. The number of carbonyl (C=O) groups excluding carboxylic acids is 1. The van der Waals surface area contributed by atoms with Gasteiger partial charge in [0.25, 0.3) is 10.1 Å². The van der Waals surface area contributed by atoms with Crippen LogP contribution in [0.2, 0.25) is 0 Å². The van der Waals surface area contributed by atoms with Crippen molar-refractivity contribution in [1.82, 2.24) is 0 Å². The molecule has 0 fully saturated rings. The number of hydrogen-bond donors (Lipinski definition) is 3. The maximum Gasteiger partial charge on any atom is 0.412 e. The molecule has 1 amide bonds. The number of nitrogens with one attached hydrogen (secondary N) is 1. The molecule has 7 nitrogen and oxygen atoms in total. The average Bonchev–Trinajstić information content (AvgIpc) is 2.48. The number of rotatable bonds is 4. The molecule has 0 aromatic heterocycles. The predicted octanol–water partition coefficient (Wildman–Crippen LogP) is 3.89. The average molecular weight is 393 g/mol. The monoisotopic (exact) mass is 393 g/mol. The molecule has 0 saturated carbocycles. The molecule has 0 aliphatic heterocycles. The van der Waals surface area contributed by atoms with Gasteiger partial charge >= 0.3 is 6.09 Å². The minimum absolute atomic E-state index is 0.0481. The summed E-state index contributed by atoms with van der Waals surface area (Å²) in [5.74, 6) is -0.237. The van der Waals surface area contributed by atoms with E-state index in [9.17, 15) is 22.9 Å². The summed E-state index contributed by atoms with van der Waals surface area (Å²) in [6.07, 6.45) is -0.566. The Hall–Kier alpha value is -2.58. The van der Waals surface area contributed by atoms with Crippen molar-refractivity contribution >= 4 is 21.9 Å². The molecule has 2 aromatic carbocycles. The smallest absolute Gasteiger partial charge is 0.412 e. The zero-order valence-electron chi connectivity index (χ0n) is 15.6. The van der Waals surface area contributed by atoms with Crippen LogP contribution in [0.4, 0.5) is 10.5 Å². The number of anilines is 1. The summed E-state index contributed by atoms with van der Waals surface area (Å²) >= 11 is 0. The van der Waals surface area contributed by atoms with Gasteiger partial charge in [0.2, 0.25) is 0 Å². The van der Waals surface area contributed by atoms with Gasteiger partial charge in [-0.2, -0.15) is 8.42 Å². The Kier molecular flexibility index (Phi) is 5.82. The molecule has 0 unspecified atom stereocenters. The standard InChI is InChI=1S/C19H23NO6S/c1-12-8-9-16(21)15(17(12)27(23,24)25)11-13-6-5-7-14(10-13)20-18(22)26-19(2,3)4/h5-10,21H,11H2,1-4H3,(H,20,22)(H,23,24,25). The first-order valence-electron chi connectivity index (χ1n) is 8.25. The first-order chi connectivity index (χ1) is 12.4. The summed E-state index contributed by atoms with van der Waals surface area (Å²) < 4.78 is 38.2. The lowest BCUT2D eigenvalue weighted by Gasteiger charge is -2.20. The van der Waals surface area contributed by atoms with Gasteiger partial charge in [-0.15, -0.1) is 0 Å². The number of benzene rings is 2. The largest absolute Gasteiger partial charge is 0.508 e. The van der Waals surface area contributed by atoms with Crippen LogP contribution in [-0.4, -0.2) is 29.8 Å². The quantitative estimate of drug-likeness (QED) is 0.679. The third-order valence-electron chi connectivity index (χ3n) is 3.64. The molecule has 8 heteroatoms. The number of ether oxygens (including phenoxy) is 1. The van der Waals surface area contributed by atoms with Crippen LogP contribution < -0.4 is 5.32 Å². The number of hydrogen-bond acceptors (Lipinski definition) is 5. The van der Waals surface area contributed by atoms with Crippen molar-refractivity contribution in [3.8, 4) is 5.75 Å². The fourth-order valence-corrected chi connectivity index (χ4v) is 3.61. The molecule has 0 aliphatic carbocycles. The van der Waals surface area contributed by atoms with Gasteiger partial charge in [-0.05, 0) is 57.0 Å². The minimum Gasteiger partial charge on any atom is -0.508 e. The molecule has 2 rings (SSSR count). The van der Waals surface area contributed by atoms with E-state index in [0.717, 1.165) is 0 Å². The number of carbonyl (C=O) groups is 1. The maximum atomic E-state index is 11.9. The van der Waals surface area contributed by atoms with E-state index in [1.807, 2.05) is 0 Å². The maximum absolute atomic E-state index is 11.9. The fourth-order valence-electron chi connectivity index (χ4n) is 2.65. The molecule has 0 radical (unpaired) electrons. The molecule has 27 heavy (non-hydrogen) atoms. The Morgan fingerprint density at radius 1 is 1.19 bits per heavy atom. The number of aromatic hydroxyl groups is 1. The lowest BCUT2D eigenvalue weighted by atomic mass is 10.0. The lowest BCUT2D eigenvalue weighted by molar-refractivity contribution is 0.0636. The number of phenols is 1. The van der Waals surface area contributed by atoms with E-state index >= 15 is 0 Å². The van der Waals surface area contributed by atoms with Gasteiger partial charge < -0.3 is 9.84 Å². The number of amides is 1. The van der Waals surface area contributed by atoms with Gasteiger partial charge in [0.15, 0.2) is 0 Å². The molecule has 146 valence electrons. The van der Waals surface area contributed by atoms with Crippen LogP contribution in [0.3, 0.4) is 0 Å². The summed E-state index contributed by atoms with van der Waals surface area (Å²) in [6.45, 7) is 6.79. The van der Waals surface area contributed by atoms with E-state index in [2.05, 4.69) is 5.32 Å². The van der Waals surface area contributed by atoms with E-state index in [1.165, 1.54) is 19.1 Å². The van der Waals surface area contributed by atoms with Crippen molar-refractivity contribution in [3.05, 3.63) is 53.1 Å². The second kappa shape index (κ2) is 7.58. The van der Waals surface area contributed by atoms with Crippen LogP contribution in [0.5, 0.6) is 5.75 Å². The number of phenolic OH excluding ortho intramolecular Hbond substituents is 1. The first-order valence-corrected chi connectivity index (χ1v) is 9.69. The Labute approximate surface area is 158 Å². The summed E-state index contributed by atoms with van der Waals surface area (Å²) in [4.78, 5) is 11.6. The highest BCUT2D eigenvalue weighted by atomic mass is 32.2. The van der Waals surface area contributed by atoms with Gasteiger partial charge in [0, 0.05) is 17.7 Å². The summed E-state index contributed by atoms with van der Waals surface area (Å²) in [7, 11) is -4.51. The molecule has 2 aromatic rings.